The van der Waals surface area contributed by atoms with Crippen molar-refractivity contribution in [3.8, 4) is 5.75 Å². The number of aliphatic hydroxyl groups is 1. The van der Waals surface area contributed by atoms with E-state index < -0.39 is 5.60 Å². The summed E-state index contributed by atoms with van der Waals surface area (Å²) in [4.78, 5) is 0. The Morgan fingerprint density at radius 3 is 2.90 bits per heavy atom. The van der Waals surface area contributed by atoms with Gasteiger partial charge in [0.25, 0.3) is 0 Å². The van der Waals surface area contributed by atoms with E-state index in [0.29, 0.717) is 32.6 Å². The Labute approximate surface area is 126 Å². The summed E-state index contributed by atoms with van der Waals surface area (Å²) in [5, 5.41) is 14.2. The Kier molecular flexibility index (Phi) is 4.48. The van der Waals surface area contributed by atoms with Crippen LogP contribution in [0.1, 0.15) is 42.9 Å². The summed E-state index contributed by atoms with van der Waals surface area (Å²) in [5.41, 5.74) is 1.84. The van der Waals surface area contributed by atoms with Crippen LogP contribution in [-0.2, 0) is 4.74 Å². The van der Waals surface area contributed by atoms with E-state index in [0.717, 1.165) is 25.2 Å². The summed E-state index contributed by atoms with van der Waals surface area (Å²) in [6.45, 7) is 4.80. The van der Waals surface area contributed by atoms with E-state index in [4.69, 9.17) is 9.47 Å². The van der Waals surface area contributed by atoms with Crippen molar-refractivity contribution in [1.82, 2.24) is 5.32 Å². The highest BCUT2D eigenvalue weighted by molar-refractivity contribution is 5.39. The number of benzene rings is 1. The first-order valence-electron chi connectivity index (χ1n) is 7.93. The highest BCUT2D eigenvalue weighted by Crippen LogP contribution is 2.33. The fourth-order valence-corrected chi connectivity index (χ4v) is 3.15. The van der Waals surface area contributed by atoms with Crippen molar-refractivity contribution in [2.45, 2.75) is 44.2 Å². The molecule has 2 heterocycles. The van der Waals surface area contributed by atoms with Gasteiger partial charge in [0, 0.05) is 44.2 Å². The summed E-state index contributed by atoms with van der Waals surface area (Å²) in [6, 6.07) is 6.61. The number of hydrogen-bond acceptors (Lipinski definition) is 4. The molecule has 1 unspecified atom stereocenters. The van der Waals surface area contributed by atoms with Gasteiger partial charge >= 0.3 is 0 Å². The molecule has 0 saturated carbocycles. The molecule has 1 aromatic rings. The van der Waals surface area contributed by atoms with E-state index in [1.165, 1.54) is 11.1 Å². The highest BCUT2D eigenvalue weighted by atomic mass is 16.5. The predicted molar refractivity (Wildman–Crippen MR) is 81.7 cm³/mol. The average molecular weight is 291 g/mol. The minimum absolute atomic E-state index is 0.259. The Balaban J connectivity index is 1.71. The van der Waals surface area contributed by atoms with Gasteiger partial charge in [0.2, 0.25) is 0 Å². The van der Waals surface area contributed by atoms with Crippen LogP contribution in [0.25, 0.3) is 0 Å². The zero-order valence-electron chi connectivity index (χ0n) is 12.7. The van der Waals surface area contributed by atoms with Gasteiger partial charge in [0.15, 0.2) is 0 Å². The first kappa shape index (κ1) is 14.8. The molecule has 0 spiro atoms. The number of nitrogens with one attached hydrogen (secondary N) is 1. The molecular formula is C17H25NO3. The van der Waals surface area contributed by atoms with Crippen molar-refractivity contribution in [2.24, 2.45) is 0 Å². The fourth-order valence-electron chi connectivity index (χ4n) is 3.15. The second-order valence-electron chi connectivity index (χ2n) is 6.30. The van der Waals surface area contributed by atoms with E-state index in [-0.39, 0.29) is 6.04 Å². The van der Waals surface area contributed by atoms with Crippen molar-refractivity contribution in [3.05, 3.63) is 29.3 Å². The maximum Gasteiger partial charge on any atom is 0.124 e. The lowest BCUT2D eigenvalue weighted by Crippen LogP contribution is -2.45. The van der Waals surface area contributed by atoms with Crippen molar-refractivity contribution < 1.29 is 14.6 Å². The first-order valence-corrected chi connectivity index (χ1v) is 7.93. The lowest BCUT2D eigenvalue weighted by Gasteiger charge is -2.34. The van der Waals surface area contributed by atoms with Gasteiger partial charge in [-0.05, 0) is 25.8 Å². The van der Waals surface area contributed by atoms with E-state index in [1.54, 1.807) is 0 Å². The van der Waals surface area contributed by atoms with Crippen LogP contribution >= 0.6 is 0 Å². The fraction of sp³-hybridized carbons (Fsp3) is 0.647. The van der Waals surface area contributed by atoms with Gasteiger partial charge in [-0.15, -0.1) is 0 Å². The van der Waals surface area contributed by atoms with Gasteiger partial charge in [0.05, 0.1) is 12.2 Å². The number of hydrogen-bond donors (Lipinski definition) is 2. The van der Waals surface area contributed by atoms with Crippen LogP contribution in [-0.4, -0.2) is 37.1 Å². The Morgan fingerprint density at radius 1 is 1.29 bits per heavy atom. The second-order valence-corrected chi connectivity index (χ2v) is 6.30. The molecule has 0 aromatic heterocycles. The molecule has 3 rings (SSSR count). The van der Waals surface area contributed by atoms with Gasteiger partial charge in [-0.2, -0.15) is 0 Å². The van der Waals surface area contributed by atoms with E-state index in [9.17, 15) is 5.11 Å². The van der Waals surface area contributed by atoms with E-state index >= 15 is 0 Å². The molecule has 0 amide bonds. The summed E-state index contributed by atoms with van der Waals surface area (Å²) < 4.78 is 11.2. The molecule has 2 aliphatic heterocycles. The summed E-state index contributed by atoms with van der Waals surface area (Å²) in [7, 11) is 0. The lowest BCUT2D eigenvalue weighted by atomic mass is 9.93. The lowest BCUT2D eigenvalue weighted by molar-refractivity contribution is -0.0629. The summed E-state index contributed by atoms with van der Waals surface area (Å²) in [5.74, 6) is 0.981. The zero-order chi connectivity index (χ0) is 14.7. The minimum atomic E-state index is -0.630. The molecule has 4 nitrogen and oxygen atoms in total. The molecule has 1 fully saturated rings. The Bertz CT molecular complexity index is 483. The van der Waals surface area contributed by atoms with Crippen LogP contribution < -0.4 is 10.1 Å². The van der Waals surface area contributed by atoms with Gasteiger partial charge in [-0.25, -0.2) is 0 Å². The molecule has 1 atom stereocenters. The summed E-state index contributed by atoms with van der Waals surface area (Å²) in [6.07, 6.45) is 3.50. The van der Waals surface area contributed by atoms with Crippen LogP contribution in [0.4, 0.5) is 0 Å². The topological polar surface area (TPSA) is 50.7 Å². The smallest absolute Gasteiger partial charge is 0.124 e. The maximum atomic E-state index is 10.6. The molecule has 4 heteroatoms. The van der Waals surface area contributed by atoms with Crippen LogP contribution in [0.3, 0.4) is 0 Å². The molecule has 21 heavy (non-hydrogen) atoms. The molecule has 0 bridgehead atoms. The van der Waals surface area contributed by atoms with Gasteiger partial charge in [-0.1, -0.05) is 17.7 Å². The monoisotopic (exact) mass is 291 g/mol. The van der Waals surface area contributed by atoms with E-state index in [2.05, 4.69) is 30.4 Å². The van der Waals surface area contributed by atoms with Crippen molar-refractivity contribution in [2.75, 3.05) is 26.4 Å². The van der Waals surface area contributed by atoms with Crippen LogP contribution in [0.5, 0.6) is 5.75 Å². The predicted octanol–water partition coefficient (Wildman–Crippen LogP) is 2.34. The van der Waals surface area contributed by atoms with Gasteiger partial charge in [-0.3, -0.25) is 0 Å². The quantitative estimate of drug-likeness (QED) is 0.897. The summed E-state index contributed by atoms with van der Waals surface area (Å²) >= 11 is 0. The van der Waals surface area contributed by atoms with Crippen LogP contribution in [0.15, 0.2) is 18.2 Å². The zero-order valence-corrected chi connectivity index (χ0v) is 12.7. The molecule has 0 aliphatic carbocycles. The third-order valence-electron chi connectivity index (χ3n) is 4.54. The second kappa shape index (κ2) is 6.34. The molecule has 2 N–H and O–H groups in total. The maximum absolute atomic E-state index is 10.6. The largest absolute Gasteiger partial charge is 0.493 e. The number of fused-ring (bicyclic) bond motifs is 1. The molecule has 116 valence electrons. The molecular weight excluding hydrogens is 266 g/mol. The van der Waals surface area contributed by atoms with E-state index in [1.807, 2.05) is 0 Å². The number of rotatable bonds is 3. The van der Waals surface area contributed by atoms with Crippen molar-refractivity contribution in [1.29, 1.82) is 0 Å². The van der Waals surface area contributed by atoms with Crippen LogP contribution in [0.2, 0.25) is 0 Å². The third-order valence-corrected chi connectivity index (χ3v) is 4.54. The standard InChI is InChI=1S/C17H25NO3/c1-13-4-5-16-14(11-13)15(3-2-8-21-16)18-12-17(19)6-9-20-10-7-17/h4-5,11,15,18-19H,2-3,6-10,12H2,1H3. The third kappa shape index (κ3) is 3.57. The molecule has 1 saturated heterocycles. The number of aryl methyl sites for hydroxylation is 1. The highest BCUT2D eigenvalue weighted by Gasteiger charge is 2.31. The Hall–Kier alpha value is -1.10. The minimum Gasteiger partial charge on any atom is -0.493 e. The number of ether oxygens (including phenoxy) is 2. The Morgan fingerprint density at radius 2 is 2.10 bits per heavy atom. The van der Waals surface area contributed by atoms with Crippen molar-refractivity contribution >= 4 is 0 Å². The SMILES string of the molecule is Cc1ccc2c(c1)C(NCC1(O)CCOCC1)CCCO2. The molecule has 1 aromatic carbocycles. The van der Waals surface area contributed by atoms with Crippen LogP contribution in [0, 0.1) is 6.92 Å². The average Bonchev–Trinajstić information content (AvgIpc) is 2.68. The first-order chi connectivity index (χ1) is 10.2. The van der Waals surface area contributed by atoms with Crippen molar-refractivity contribution in [3.63, 3.8) is 0 Å². The van der Waals surface area contributed by atoms with Gasteiger partial charge in [0.1, 0.15) is 5.75 Å². The molecule has 2 aliphatic rings. The van der Waals surface area contributed by atoms with Gasteiger partial charge < -0.3 is 19.9 Å². The normalized spacial score (nSPS) is 24.8. The molecule has 0 radical (unpaired) electrons.